The maximum atomic E-state index is 12.6. The maximum Gasteiger partial charge on any atom is 0.232 e. The molecule has 2 rings (SSSR count). The van der Waals surface area contributed by atoms with E-state index in [9.17, 15) is 4.39 Å². The lowest BCUT2D eigenvalue weighted by molar-refractivity contribution is 0.381. The van der Waals surface area contributed by atoms with Gasteiger partial charge in [0.2, 0.25) is 9.72 Å². The van der Waals surface area contributed by atoms with Gasteiger partial charge < -0.3 is 4.52 Å². The van der Waals surface area contributed by atoms with Crippen molar-refractivity contribution in [3.63, 3.8) is 0 Å². The Bertz CT molecular complexity index is 427. The van der Waals surface area contributed by atoms with E-state index in [-0.39, 0.29) is 5.82 Å². The fourth-order valence-corrected chi connectivity index (χ4v) is 1.45. The Hall–Kier alpha value is -0.980. The number of aromatic nitrogens is 2. The van der Waals surface area contributed by atoms with Crippen LogP contribution in [-0.2, 0) is 6.42 Å². The fourth-order valence-electron chi connectivity index (χ4n) is 1.08. The van der Waals surface area contributed by atoms with E-state index in [0.717, 1.165) is 5.56 Å². The van der Waals surface area contributed by atoms with Crippen LogP contribution in [-0.4, -0.2) is 10.1 Å². The van der Waals surface area contributed by atoms with Gasteiger partial charge in [0.05, 0.1) is 6.42 Å². The van der Waals surface area contributed by atoms with Crippen molar-refractivity contribution in [3.8, 4) is 0 Å². The molecular formula is C9H6FIN2O. The average molecular weight is 304 g/mol. The van der Waals surface area contributed by atoms with Gasteiger partial charge in [-0.1, -0.05) is 17.3 Å². The molecule has 0 radical (unpaired) electrons. The van der Waals surface area contributed by atoms with Crippen molar-refractivity contribution in [3.05, 3.63) is 45.4 Å². The van der Waals surface area contributed by atoms with Crippen molar-refractivity contribution in [2.75, 3.05) is 0 Å². The van der Waals surface area contributed by atoms with Gasteiger partial charge in [-0.3, -0.25) is 0 Å². The van der Waals surface area contributed by atoms with Crippen molar-refractivity contribution < 1.29 is 8.91 Å². The zero-order valence-electron chi connectivity index (χ0n) is 7.08. The first-order valence-corrected chi connectivity index (χ1v) is 5.04. The van der Waals surface area contributed by atoms with Gasteiger partial charge in [0.15, 0.2) is 0 Å². The van der Waals surface area contributed by atoms with Crippen LogP contribution in [0, 0.1) is 9.65 Å². The summed E-state index contributed by atoms with van der Waals surface area (Å²) in [4.78, 5) is 4.04. The molecular weight excluding hydrogens is 298 g/mol. The van der Waals surface area contributed by atoms with Crippen molar-refractivity contribution in [2.24, 2.45) is 0 Å². The smallest absolute Gasteiger partial charge is 0.232 e. The Morgan fingerprint density at radius 1 is 1.29 bits per heavy atom. The van der Waals surface area contributed by atoms with Crippen LogP contribution in [0.1, 0.15) is 11.5 Å². The first-order valence-electron chi connectivity index (χ1n) is 3.96. The summed E-state index contributed by atoms with van der Waals surface area (Å²) in [5.74, 6) is 0.301. The monoisotopic (exact) mass is 304 g/mol. The molecule has 1 heterocycles. The molecule has 0 unspecified atom stereocenters. The topological polar surface area (TPSA) is 38.9 Å². The highest BCUT2D eigenvalue weighted by atomic mass is 127. The molecule has 1 aromatic carbocycles. The van der Waals surface area contributed by atoms with Crippen molar-refractivity contribution in [1.29, 1.82) is 0 Å². The van der Waals surface area contributed by atoms with E-state index in [4.69, 9.17) is 4.52 Å². The average Bonchev–Trinajstić information content (AvgIpc) is 2.56. The third-order valence-corrected chi connectivity index (χ3v) is 2.15. The summed E-state index contributed by atoms with van der Waals surface area (Å²) in [5.41, 5.74) is 0.950. The second kappa shape index (κ2) is 4.04. The number of rotatable bonds is 2. The van der Waals surface area contributed by atoms with Gasteiger partial charge in [0.1, 0.15) is 5.82 Å². The van der Waals surface area contributed by atoms with Crippen LogP contribution in [0.25, 0.3) is 0 Å². The van der Waals surface area contributed by atoms with Crippen LogP contribution >= 0.6 is 22.6 Å². The van der Waals surface area contributed by atoms with E-state index >= 15 is 0 Å². The molecule has 72 valence electrons. The van der Waals surface area contributed by atoms with E-state index in [1.165, 1.54) is 12.1 Å². The van der Waals surface area contributed by atoms with E-state index in [1.807, 2.05) is 22.6 Å². The first kappa shape index (κ1) is 9.57. The molecule has 14 heavy (non-hydrogen) atoms. The molecule has 0 amide bonds. The predicted molar refractivity (Wildman–Crippen MR) is 56.2 cm³/mol. The summed E-state index contributed by atoms with van der Waals surface area (Å²) < 4.78 is 18.1. The molecule has 0 aliphatic heterocycles. The molecule has 0 atom stereocenters. The summed E-state index contributed by atoms with van der Waals surface area (Å²) in [6, 6.07) is 6.23. The van der Waals surface area contributed by atoms with E-state index < -0.39 is 0 Å². The normalized spacial score (nSPS) is 10.4. The van der Waals surface area contributed by atoms with Gasteiger partial charge in [-0.2, -0.15) is 4.98 Å². The Labute approximate surface area is 93.5 Å². The fraction of sp³-hybridized carbons (Fsp3) is 0.111. The summed E-state index contributed by atoms with van der Waals surface area (Å²) in [6.07, 6.45) is 0.538. The van der Waals surface area contributed by atoms with Gasteiger partial charge >= 0.3 is 0 Å². The quantitative estimate of drug-likeness (QED) is 0.800. The number of nitrogens with zero attached hydrogens (tertiary/aromatic N) is 2. The first-order chi connectivity index (χ1) is 6.74. The second-order valence-corrected chi connectivity index (χ2v) is 3.73. The van der Waals surface area contributed by atoms with Gasteiger partial charge in [0.25, 0.3) is 0 Å². The van der Waals surface area contributed by atoms with Gasteiger partial charge in [-0.25, -0.2) is 4.39 Å². The van der Waals surface area contributed by atoms with E-state index in [1.54, 1.807) is 12.1 Å². The highest BCUT2D eigenvalue weighted by Gasteiger charge is 2.04. The van der Waals surface area contributed by atoms with Gasteiger partial charge in [-0.15, -0.1) is 0 Å². The standard InChI is InChI=1S/C9H6FIN2O/c10-7-3-1-6(2-4-7)5-8-12-9(11)13-14-8/h1-4H,5H2. The summed E-state index contributed by atoms with van der Waals surface area (Å²) in [5, 5.41) is 3.66. The van der Waals surface area contributed by atoms with Crippen molar-refractivity contribution in [2.45, 2.75) is 6.42 Å². The summed E-state index contributed by atoms with van der Waals surface area (Å²) in [6.45, 7) is 0. The molecule has 5 heteroatoms. The minimum atomic E-state index is -0.242. The second-order valence-electron chi connectivity index (χ2n) is 2.76. The lowest BCUT2D eigenvalue weighted by Gasteiger charge is -1.95. The minimum absolute atomic E-state index is 0.242. The molecule has 0 saturated heterocycles. The van der Waals surface area contributed by atoms with E-state index in [0.29, 0.717) is 16.1 Å². The Kier molecular flexibility index (Phi) is 2.76. The van der Waals surface area contributed by atoms with Crippen LogP contribution in [0.15, 0.2) is 28.8 Å². The zero-order chi connectivity index (χ0) is 9.97. The van der Waals surface area contributed by atoms with Gasteiger partial charge in [0, 0.05) is 22.6 Å². The number of hydrogen-bond acceptors (Lipinski definition) is 3. The third kappa shape index (κ3) is 2.28. The van der Waals surface area contributed by atoms with Gasteiger partial charge in [-0.05, 0) is 17.7 Å². The molecule has 0 aliphatic rings. The Morgan fingerprint density at radius 2 is 2.00 bits per heavy atom. The lowest BCUT2D eigenvalue weighted by Crippen LogP contribution is -1.88. The molecule has 1 aromatic heterocycles. The number of benzene rings is 1. The molecule has 0 spiro atoms. The summed E-state index contributed by atoms with van der Waals surface area (Å²) >= 11 is 1.97. The lowest BCUT2D eigenvalue weighted by atomic mass is 10.1. The van der Waals surface area contributed by atoms with Crippen LogP contribution < -0.4 is 0 Å². The highest BCUT2D eigenvalue weighted by Crippen LogP contribution is 2.09. The van der Waals surface area contributed by atoms with Crippen molar-refractivity contribution in [1.82, 2.24) is 10.1 Å². The molecule has 0 N–H and O–H groups in total. The molecule has 0 fully saturated rings. The molecule has 3 nitrogen and oxygen atoms in total. The Morgan fingerprint density at radius 3 is 2.57 bits per heavy atom. The van der Waals surface area contributed by atoms with Crippen LogP contribution in [0.5, 0.6) is 0 Å². The van der Waals surface area contributed by atoms with Crippen LogP contribution in [0.2, 0.25) is 0 Å². The number of halogens is 2. The summed E-state index contributed by atoms with van der Waals surface area (Å²) in [7, 11) is 0. The zero-order valence-corrected chi connectivity index (χ0v) is 9.23. The number of hydrogen-bond donors (Lipinski definition) is 0. The Balaban J connectivity index is 2.15. The highest BCUT2D eigenvalue weighted by molar-refractivity contribution is 14.1. The predicted octanol–water partition coefficient (Wildman–Crippen LogP) is 2.40. The van der Waals surface area contributed by atoms with Crippen LogP contribution in [0.4, 0.5) is 4.39 Å². The molecule has 0 aliphatic carbocycles. The maximum absolute atomic E-state index is 12.6. The molecule has 0 saturated carbocycles. The largest absolute Gasteiger partial charge is 0.338 e. The SMILES string of the molecule is Fc1ccc(Cc2nc(I)no2)cc1. The minimum Gasteiger partial charge on any atom is -0.338 e. The molecule has 2 aromatic rings. The van der Waals surface area contributed by atoms with Crippen molar-refractivity contribution >= 4 is 22.6 Å². The third-order valence-electron chi connectivity index (χ3n) is 1.71. The molecule has 0 bridgehead atoms. The van der Waals surface area contributed by atoms with E-state index in [2.05, 4.69) is 10.1 Å². The van der Waals surface area contributed by atoms with Crippen LogP contribution in [0.3, 0.4) is 0 Å².